The summed E-state index contributed by atoms with van der Waals surface area (Å²) in [4.78, 5) is 18.6. The molecule has 0 aliphatic carbocycles. The number of anilines is 1. The average molecular weight is 259 g/mol. The largest absolute Gasteiger partial charge is 0.368 e. The van der Waals surface area contributed by atoms with Gasteiger partial charge in [-0.3, -0.25) is 4.79 Å². The number of aromatic nitrogens is 1. The van der Waals surface area contributed by atoms with Crippen molar-refractivity contribution >= 4 is 11.7 Å². The smallest absolute Gasteiger partial charge is 0.272 e. The second-order valence-electron chi connectivity index (χ2n) is 5.27. The first-order valence-electron chi connectivity index (χ1n) is 6.75. The maximum Gasteiger partial charge on any atom is 0.272 e. The third-order valence-corrected chi connectivity index (χ3v) is 3.02. The van der Waals surface area contributed by atoms with Gasteiger partial charge in [-0.2, -0.15) is 0 Å². The van der Waals surface area contributed by atoms with E-state index in [2.05, 4.69) is 37.1 Å². The number of pyridine rings is 1. The number of hydrogen-bond donors (Lipinski definition) is 1. The molecule has 0 aromatic carbocycles. The van der Waals surface area contributed by atoms with E-state index in [1.807, 2.05) is 17.0 Å². The van der Waals surface area contributed by atoms with Gasteiger partial charge in [0.15, 0.2) is 0 Å². The van der Waals surface area contributed by atoms with Crippen molar-refractivity contribution in [2.24, 2.45) is 0 Å². The van der Waals surface area contributed by atoms with Crippen molar-refractivity contribution in [1.29, 1.82) is 0 Å². The van der Waals surface area contributed by atoms with E-state index >= 15 is 0 Å². The second kappa shape index (κ2) is 5.87. The van der Waals surface area contributed by atoms with Crippen LogP contribution in [0.3, 0.4) is 0 Å². The fraction of sp³-hybridized carbons (Fsp3) is 0.467. The number of amides is 1. The van der Waals surface area contributed by atoms with Crippen LogP contribution in [0.5, 0.6) is 0 Å². The summed E-state index contributed by atoms with van der Waals surface area (Å²) >= 11 is 0. The predicted octanol–water partition coefficient (Wildman–Crippen LogP) is 2.69. The third-order valence-electron chi connectivity index (χ3n) is 3.02. The molecule has 4 heteroatoms. The normalized spacial score (nSPS) is 15.4. The number of nitrogens with one attached hydrogen (secondary N) is 1. The molecule has 1 aliphatic heterocycles. The van der Waals surface area contributed by atoms with Gasteiger partial charge in [0, 0.05) is 19.1 Å². The highest BCUT2D eigenvalue weighted by Crippen LogP contribution is 2.13. The van der Waals surface area contributed by atoms with Crippen molar-refractivity contribution in [3.8, 4) is 0 Å². The molecule has 0 bridgehead atoms. The summed E-state index contributed by atoms with van der Waals surface area (Å²) in [7, 11) is 0. The Kier molecular flexibility index (Phi) is 4.20. The van der Waals surface area contributed by atoms with Crippen molar-refractivity contribution in [2.45, 2.75) is 33.2 Å². The lowest BCUT2D eigenvalue weighted by Gasteiger charge is -2.26. The van der Waals surface area contributed by atoms with Gasteiger partial charge in [-0.05, 0) is 39.3 Å². The molecule has 19 heavy (non-hydrogen) atoms. The van der Waals surface area contributed by atoms with Gasteiger partial charge in [-0.15, -0.1) is 0 Å². The van der Waals surface area contributed by atoms with E-state index in [4.69, 9.17) is 0 Å². The Morgan fingerprint density at radius 1 is 1.42 bits per heavy atom. The molecule has 4 nitrogen and oxygen atoms in total. The fourth-order valence-corrected chi connectivity index (χ4v) is 2.18. The van der Waals surface area contributed by atoms with Crippen LogP contribution in [0.2, 0.25) is 0 Å². The van der Waals surface area contributed by atoms with E-state index in [1.54, 1.807) is 6.07 Å². The Balaban J connectivity index is 2.13. The Bertz CT molecular complexity index is 494. The van der Waals surface area contributed by atoms with Gasteiger partial charge in [0.05, 0.1) is 0 Å². The standard InChI is InChI=1S/C15H21N3O/c1-11(2)16-14-8-4-7-13(17-14)15(19)18-9-5-6-12(3)10-18/h4,6-8,11H,5,9-10H2,1-3H3,(H,16,17). The Morgan fingerprint density at radius 2 is 2.21 bits per heavy atom. The Labute approximate surface area is 114 Å². The van der Waals surface area contributed by atoms with Crippen LogP contribution in [0.15, 0.2) is 29.8 Å². The summed E-state index contributed by atoms with van der Waals surface area (Å²) in [5.41, 5.74) is 1.76. The minimum Gasteiger partial charge on any atom is -0.368 e. The molecular weight excluding hydrogens is 238 g/mol. The minimum atomic E-state index is 0.0138. The van der Waals surface area contributed by atoms with E-state index in [0.29, 0.717) is 18.3 Å². The van der Waals surface area contributed by atoms with E-state index in [1.165, 1.54) is 5.57 Å². The molecule has 0 radical (unpaired) electrons. The van der Waals surface area contributed by atoms with Crippen LogP contribution in [0.4, 0.5) is 5.82 Å². The topological polar surface area (TPSA) is 45.2 Å². The Hall–Kier alpha value is -1.84. The zero-order valence-electron chi connectivity index (χ0n) is 11.8. The van der Waals surface area contributed by atoms with E-state index in [-0.39, 0.29) is 5.91 Å². The highest BCUT2D eigenvalue weighted by atomic mass is 16.2. The summed E-state index contributed by atoms with van der Waals surface area (Å²) in [6.07, 6.45) is 3.12. The summed E-state index contributed by atoms with van der Waals surface area (Å²) in [6, 6.07) is 5.84. The van der Waals surface area contributed by atoms with Crippen LogP contribution in [0.1, 0.15) is 37.7 Å². The van der Waals surface area contributed by atoms with Gasteiger partial charge in [0.1, 0.15) is 11.5 Å². The molecule has 1 aromatic rings. The van der Waals surface area contributed by atoms with Gasteiger partial charge >= 0.3 is 0 Å². The second-order valence-corrected chi connectivity index (χ2v) is 5.27. The number of nitrogens with zero attached hydrogens (tertiary/aromatic N) is 2. The first-order valence-corrected chi connectivity index (χ1v) is 6.75. The van der Waals surface area contributed by atoms with Crippen LogP contribution < -0.4 is 5.32 Å². The molecule has 1 amide bonds. The quantitative estimate of drug-likeness (QED) is 0.849. The summed E-state index contributed by atoms with van der Waals surface area (Å²) in [5, 5.41) is 3.22. The average Bonchev–Trinajstić information content (AvgIpc) is 2.37. The molecular formula is C15H21N3O. The SMILES string of the molecule is CC1=CCCN(C(=O)c2cccc(NC(C)C)n2)C1. The van der Waals surface area contributed by atoms with Crippen molar-refractivity contribution in [3.05, 3.63) is 35.5 Å². The van der Waals surface area contributed by atoms with Crippen molar-refractivity contribution < 1.29 is 4.79 Å². The van der Waals surface area contributed by atoms with Crippen LogP contribution in [0.25, 0.3) is 0 Å². The number of rotatable bonds is 3. The van der Waals surface area contributed by atoms with Crippen LogP contribution in [-0.2, 0) is 0 Å². The summed E-state index contributed by atoms with van der Waals surface area (Å²) in [6.45, 7) is 7.65. The molecule has 0 spiro atoms. The minimum absolute atomic E-state index is 0.0138. The lowest BCUT2D eigenvalue weighted by molar-refractivity contribution is 0.0760. The molecule has 0 saturated carbocycles. The molecule has 0 atom stereocenters. The molecule has 0 unspecified atom stereocenters. The van der Waals surface area contributed by atoms with Crippen LogP contribution in [0, 0.1) is 0 Å². The van der Waals surface area contributed by atoms with Gasteiger partial charge < -0.3 is 10.2 Å². The fourth-order valence-electron chi connectivity index (χ4n) is 2.18. The van der Waals surface area contributed by atoms with E-state index in [9.17, 15) is 4.79 Å². The molecule has 1 N–H and O–H groups in total. The first-order chi connectivity index (χ1) is 9.06. The number of hydrogen-bond acceptors (Lipinski definition) is 3. The monoisotopic (exact) mass is 259 g/mol. The van der Waals surface area contributed by atoms with Gasteiger partial charge in [0.2, 0.25) is 0 Å². The summed E-state index contributed by atoms with van der Waals surface area (Å²) in [5.74, 6) is 0.768. The van der Waals surface area contributed by atoms with Gasteiger partial charge in [0.25, 0.3) is 5.91 Å². The highest BCUT2D eigenvalue weighted by Gasteiger charge is 2.19. The highest BCUT2D eigenvalue weighted by molar-refractivity contribution is 5.93. The molecule has 0 fully saturated rings. The molecule has 102 valence electrons. The molecule has 1 aromatic heterocycles. The zero-order chi connectivity index (χ0) is 13.8. The van der Waals surface area contributed by atoms with Gasteiger partial charge in [-0.1, -0.05) is 17.7 Å². The van der Waals surface area contributed by atoms with Crippen molar-refractivity contribution in [1.82, 2.24) is 9.88 Å². The maximum absolute atomic E-state index is 12.4. The first kappa shape index (κ1) is 13.6. The molecule has 0 saturated heterocycles. The predicted molar refractivity (Wildman–Crippen MR) is 77.3 cm³/mol. The number of carbonyl (C=O) groups excluding carboxylic acids is 1. The third kappa shape index (κ3) is 3.56. The maximum atomic E-state index is 12.4. The van der Waals surface area contributed by atoms with E-state index < -0.39 is 0 Å². The lowest BCUT2D eigenvalue weighted by Crippen LogP contribution is -2.35. The van der Waals surface area contributed by atoms with Gasteiger partial charge in [-0.25, -0.2) is 4.98 Å². The zero-order valence-corrected chi connectivity index (χ0v) is 11.8. The van der Waals surface area contributed by atoms with Crippen LogP contribution >= 0.6 is 0 Å². The Morgan fingerprint density at radius 3 is 2.89 bits per heavy atom. The molecule has 2 rings (SSSR count). The molecule has 1 aliphatic rings. The van der Waals surface area contributed by atoms with Crippen LogP contribution in [-0.4, -0.2) is 34.9 Å². The van der Waals surface area contributed by atoms with Crippen molar-refractivity contribution in [3.63, 3.8) is 0 Å². The molecule has 2 heterocycles. The van der Waals surface area contributed by atoms with Crippen molar-refractivity contribution in [2.75, 3.05) is 18.4 Å². The lowest BCUT2D eigenvalue weighted by atomic mass is 10.1. The number of carbonyl (C=O) groups is 1. The van der Waals surface area contributed by atoms with E-state index in [0.717, 1.165) is 18.8 Å². The summed E-state index contributed by atoms with van der Waals surface area (Å²) < 4.78 is 0.